The topological polar surface area (TPSA) is 59.8 Å². The molecule has 1 saturated carbocycles. The number of carbonyl (C=O) groups excluding carboxylic acids is 1. The van der Waals surface area contributed by atoms with Crippen LogP contribution in [0.3, 0.4) is 0 Å². The van der Waals surface area contributed by atoms with Gasteiger partial charge < -0.3 is 5.32 Å². The molecule has 1 aliphatic carbocycles. The lowest BCUT2D eigenvalue weighted by Crippen LogP contribution is -2.23. The summed E-state index contributed by atoms with van der Waals surface area (Å²) in [5.74, 6) is 0.814. The van der Waals surface area contributed by atoms with E-state index in [4.69, 9.17) is 11.6 Å². The summed E-state index contributed by atoms with van der Waals surface area (Å²) in [5, 5.41) is 13.2. The van der Waals surface area contributed by atoms with E-state index in [-0.39, 0.29) is 16.6 Å². The molecule has 1 heterocycles. The van der Waals surface area contributed by atoms with Crippen molar-refractivity contribution in [2.75, 3.05) is 5.32 Å². The molecule has 0 radical (unpaired) electrons. The number of nitrogens with one attached hydrogen (secondary N) is 1. The van der Waals surface area contributed by atoms with Crippen LogP contribution in [0.4, 0.5) is 5.69 Å². The van der Waals surface area contributed by atoms with Crippen LogP contribution in [0.2, 0.25) is 5.02 Å². The average Bonchev–Trinajstić information content (AvgIpc) is 3.44. The first-order chi connectivity index (χ1) is 15.7. The first-order valence-corrected chi connectivity index (χ1v) is 12.8. The zero-order chi connectivity index (χ0) is 23.6. The van der Waals surface area contributed by atoms with E-state index in [1.165, 1.54) is 30.2 Å². The van der Waals surface area contributed by atoms with Crippen molar-refractivity contribution in [2.45, 2.75) is 75.2 Å². The fourth-order valence-corrected chi connectivity index (χ4v) is 5.20. The molecule has 174 valence electrons. The maximum Gasteiger partial charge on any atom is 0.237 e. The Kier molecular flexibility index (Phi) is 7.15. The molecular weight excluding hydrogens is 452 g/mol. The standard InChI is InChI=1S/C26H31ClN4OS/c1-17(24(32)28-21-15-13-20(27)14-16-21)33-25-30-29-23(31(25)22-7-5-6-8-22)18-9-11-19(12-10-18)26(2,3)4/h9-17,22H,5-8H2,1-4H3,(H,28,32)/t17-/m1/s1. The molecule has 1 fully saturated rings. The van der Waals surface area contributed by atoms with Crippen molar-refractivity contribution >= 4 is 35.0 Å². The van der Waals surface area contributed by atoms with Gasteiger partial charge in [-0.2, -0.15) is 0 Å². The largest absolute Gasteiger partial charge is 0.325 e. The average molecular weight is 483 g/mol. The fourth-order valence-electron chi connectivity index (χ4n) is 4.15. The summed E-state index contributed by atoms with van der Waals surface area (Å²) in [6, 6.07) is 16.1. The smallest absolute Gasteiger partial charge is 0.237 e. The van der Waals surface area contributed by atoms with Crippen LogP contribution in [0, 0.1) is 0 Å². The molecule has 1 atom stereocenters. The summed E-state index contributed by atoms with van der Waals surface area (Å²) in [6.07, 6.45) is 4.65. The van der Waals surface area contributed by atoms with Crippen LogP contribution in [0.15, 0.2) is 53.7 Å². The molecule has 3 aromatic rings. The van der Waals surface area contributed by atoms with Gasteiger partial charge in [0.15, 0.2) is 11.0 Å². The van der Waals surface area contributed by atoms with E-state index in [2.05, 4.69) is 65.1 Å². The van der Waals surface area contributed by atoms with Crippen LogP contribution < -0.4 is 5.32 Å². The van der Waals surface area contributed by atoms with Gasteiger partial charge in [0.25, 0.3) is 0 Å². The number of hydrogen-bond donors (Lipinski definition) is 1. The molecule has 1 N–H and O–H groups in total. The lowest BCUT2D eigenvalue weighted by molar-refractivity contribution is -0.115. The van der Waals surface area contributed by atoms with Crippen molar-refractivity contribution in [2.24, 2.45) is 0 Å². The Morgan fingerprint density at radius 3 is 2.30 bits per heavy atom. The molecule has 5 nitrogen and oxygen atoms in total. The SMILES string of the molecule is C[C@@H](Sc1nnc(-c2ccc(C(C)(C)C)cc2)n1C1CCCC1)C(=O)Nc1ccc(Cl)cc1. The van der Waals surface area contributed by atoms with Crippen LogP contribution in [0.5, 0.6) is 0 Å². The minimum atomic E-state index is -0.318. The van der Waals surface area contributed by atoms with Gasteiger partial charge in [0, 0.05) is 22.3 Å². The molecule has 7 heteroatoms. The number of rotatable bonds is 6. The Hall–Kier alpha value is -2.31. The van der Waals surface area contributed by atoms with Crippen LogP contribution in [0.25, 0.3) is 11.4 Å². The van der Waals surface area contributed by atoms with E-state index >= 15 is 0 Å². The Morgan fingerprint density at radius 1 is 1.06 bits per heavy atom. The molecule has 0 unspecified atom stereocenters. The molecule has 1 amide bonds. The summed E-state index contributed by atoms with van der Waals surface area (Å²) in [6.45, 7) is 8.55. The van der Waals surface area contributed by atoms with E-state index in [1.54, 1.807) is 24.3 Å². The predicted molar refractivity (Wildman–Crippen MR) is 137 cm³/mol. The summed E-state index contributed by atoms with van der Waals surface area (Å²) in [7, 11) is 0. The molecule has 0 spiro atoms. The number of benzene rings is 2. The highest BCUT2D eigenvalue weighted by atomic mass is 35.5. The number of hydrogen-bond acceptors (Lipinski definition) is 4. The van der Waals surface area contributed by atoms with Gasteiger partial charge >= 0.3 is 0 Å². The second kappa shape index (κ2) is 9.90. The zero-order valence-electron chi connectivity index (χ0n) is 19.6. The molecule has 1 aromatic heterocycles. The number of anilines is 1. The van der Waals surface area contributed by atoms with Gasteiger partial charge in [-0.3, -0.25) is 9.36 Å². The quantitative estimate of drug-likeness (QED) is 0.379. The highest BCUT2D eigenvalue weighted by molar-refractivity contribution is 8.00. The number of amides is 1. The van der Waals surface area contributed by atoms with E-state index in [0.717, 1.165) is 35.1 Å². The molecule has 4 rings (SSSR count). The third-order valence-electron chi connectivity index (χ3n) is 6.13. The normalized spacial score (nSPS) is 15.5. The summed E-state index contributed by atoms with van der Waals surface area (Å²) in [4.78, 5) is 12.8. The lowest BCUT2D eigenvalue weighted by Gasteiger charge is -2.20. The van der Waals surface area contributed by atoms with Gasteiger partial charge in [-0.1, -0.05) is 81.2 Å². The minimum Gasteiger partial charge on any atom is -0.325 e. The predicted octanol–water partition coefficient (Wildman–Crippen LogP) is 7.13. The summed E-state index contributed by atoms with van der Waals surface area (Å²) < 4.78 is 2.26. The minimum absolute atomic E-state index is 0.0700. The van der Waals surface area contributed by atoms with E-state index < -0.39 is 0 Å². The maximum absolute atomic E-state index is 12.8. The first kappa shape index (κ1) is 23.8. The van der Waals surface area contributed by atoms with Crippen molar-refractivity contribution in [1.82, 2.24) is 14.8 Å². The number of nitrogens with zero attached hydrogens (tertiary/aromatic N) is 3. The Balaban J connectivity index is 1.57. The third-order valence-corrected chi connectivity index (χ3v) is 7.44. The monoisotopic (exact) mass is 482 g/mol. The van der Waals surface area contributed by atoms with Crippen LogP contribution in [0.1, 0.15) is 65.0 Å². The van der Waals surface area contributed by atoms with Crippen molar-refractivity contribution in [3.63, 3.8) is 0 Å². The van der Waals surface area contributed by atoms with Gasteiger partial charge in [0.1, 0.15) is 0 Å². The summed E-state index contributed by atoms with van der Waals surface area (Å²) in [5.41, 5.74) is 3.19. The van der Waals surface area contributed by atoms with Crippen molar-refractivity contribution in [3.05, 3.63) is 59.1 Å². The maximum atomic E-state index is 12.8. The fraction of sp³-hybridized carbons (Fsp3) is 0.423. The molecule has 2 aromatic carbocycles. The molecule has 1 aliphatic rings. The lowest BCUT2D eigenvalue weighted by atomic mass is 9.86. The zero-order valence-corrected chi connectivity index (χ0v) is 21.2. The van der Waals surface area contributed by atoms with Gasteiger partial charge in [-0.05, 0) is 55.0 Å². The molecule has 33 heavy (non-hydrogen) atoms. The first-order valence-electron chi connectivity index (χ1n) is 11.5. The van der Waals surface area contributed by atoms with Gasteiger partial charge in [-0.25, -0.2) is 0 Å². The molecule has 0 saturated heterocycles. The van der Waals surface area contributed by atoms with Crippen molar-refractivity contribution in [1.29, 1.82) is 0 Å². The molecular formula is C26H31ClN4OS. The van der Waals surface area contributed by atoms with Crippen LogP contribution in [-0.4, -0.2) is 25.9 Å². The second-order valence-electron chi connectivity index (χ2n) is 9.70. The van der Waals surface area contributed by atoms with Crippen LogP contribution >= 0.6 is 23.4 Å². The number of aromatic nitrogens is 3. The van der Waals surface area contributed by atoms with Gasteiger partial charge in [0.2, 0.25) is 5.91 Å². The van der Waals surface area contributed by atoms with Crippen molar-refractivity contribution < 1.29 is 4.79 Å². The number of carbonyl (C=O) groups is 1. The third kappa shape index (κ3) is 5.61. The second-order valence-corrected chi connectivity index (χ2v) is 11.4. The van der Waals surface area contributed by atoms with Gasteiger partial charge in [-0.15, -0.1) is 10.2 Å². The molecule has 0 aliphatic heterocycles. The van der Waals surface area contributed by atoms with E-state index in [1.807, 2.05) is 6.92 Å². The van der Waals surface area contributed by atoms with Crippen molar-refractivity contribution in [3.8, 4) is 11.4 Å². The molecule has 0 bridgehead atoms. The summed E-state index contributed by atoms with van der Waals surface area (Å²) >= 11 is 7.41. The van der Waals surface area contributed by atoms with E-state index in [0.29, 0.717) is 11.1 Å². The Morgan fingerprint density at radius 2 is 1.70 bits per heavy atom. The number of halogens is 1. The Bertz CT molecular complexity index is 1100. The highest BCUT2D eigenvalue weighted by Gasteiger charge is 2.27. The Labute approximate surface area is 205 Å². The van der Waals surface area contributed by atoms with E-state index in [9.17, 15) is 4.79 Å². The number of thioether (sulfide) groups is 1. The van der Waals surface area contributed by atoms with Gasteiger partial charge in [0.05, 0.1) is 5.25 Å². The van der Waals surface area contributed by atoms with Crippen LogP contribution in [-0.2, 0) is 10.2 Å². The highest BCUT2D eigenvalue weighted by Crippen LogP contribution is 2.38.